The average Bonchev–Trinajstić information content (AvgIpc) is 2.96. The Morgan fingerprint density at radius 2 is 2.35 bits per heavy atom. The number of halogens is 1. The SMILES string of the molecule is N#Cc1ccc(N2C[C@@H]3CCC[C@@]3(C(=O)O)C2)cc1Cl. The molecule has 1 aliphatic heterocycles. The fourth-order valence-corrected chi connectivity index (χ4v) is 3.84. The van der Waals surface area contributed by atoms with Crippen LogP contribution in [0.3, 0.4) is 0 Å². The van der Waals surface area contributed by atoms with E-state index >= 15 is 0 Å². The fourth-order valence-electron chi connectivity index (χ4n) is 3.63. The Labute approximate surface area is 122 Å². The average molecular weight is 291 g/mol. The van der Waals surface area contributed by atoms with E-state index in [9.17, 15) is 9.90 Å². The topological polar surface area (TPSA) is 64.3 Å². The van der Waals surface area contributed by atoms with E-state index in [-0.39, 0.29) is 5.92 Å². The lowest BCUT2D eigenvalue weighted by atomic mass is 9.81. The van der Waals surface area contributed by atoms with Gasteiger partial charge in [-0.2, -0.15) is 5.26 Å². The molecule has 0 amide bonds. The molecule has 104 valence electrons. The van der Waals surface area contributed by atoms with Crippen LogP contribution in [0.15, 0.2) is 18.2 Å². The van der Waals surface area contributed by atoms with Crippen molar-refractivity contribution >= 4 is 23.3 Å². The summed E-state index contributed by atoms with van der Waals surface area (Å²) >= 11 is 6.06. The van der Waals surface area contributed by atoms with Gasteiger partial charge in [0.2, 0.25) is 0 Å². The van der Waals surface area contributed by atoms with Crippen molar-refractivity contribution in [3.63, 3.8) is 0 Å². The maximum atomic E-state index is 11.7. The van der Waals surface area contributed by atoms with Gasteiger partial charge in [-0.05, 0) is 37.0 Å². The van der Waals surface area contributed by atoms with Gasteiger partial charge in [0, 0.05) is 18.8 Å². The quantitative estimate of drug-likeness (QED) is 0.909. The summed E-state index contributed by atoms with van der Waals surface area (Å²) in [6, 6.07) is 7.34. The van der Waals surface area contributed by atoms with Crippen molar-refractivity contribution in [2.75, 3.05) is 18.0 Å². The number of benzene rings is 1. The molecule has 20 heavy (non-hydrogen) atoms. The van der Waals surface area contributed by atoms with Gasteiger partial charge >= 0.3 is 5.97 Å². The van der Waals surface area contributed by atoms with Crippen LogP contribution in [0, 0.1) is 22.7 Å². The van der Waals surface area contributed by atoms with Crippen LogP contribution in [0.5, 0.6) is 0 Å². The van der Waals surface area contributed by atoms with Crippen LogP contribution in [0.2, 0.25) is 5.02 Å². The van der Waals surface area contributed by atoms with Gasteiger partial charge in [0.15, 0.2) is 0 Å². The minimum Gasteiger partial charge on any atom is -0.481 e. The van der Waals surface area contributed by atoms with Crippen molar-refractivity contribution in [2.24, 2.45) is 11.3 Å². The fraction of sp³-hybridized carbons (Fsp3) is 0.467. The zero-order valence-corrected chi connectivity index (χ0v) is 11.7. The highest BCUT2D eigenvalue weighted by Crippen LogP contribution is 2.50. The number of nitriles is 1. The summed E-state index contributed by atoms with van der Waals surface area (Å²) in [5.41, 5.74) is 0.757. The highest BCUT2D eigenvalue weighted by Gasteiger charge is 2.54. The predicted molar refractivity (Wildman–Crippen MR) is 75.8 cm³/mol. The zero-order chi connectivity index (χ0) is 14.3. The molecule has 1 aromatic rings. The Morgan fingerprint density at radius 3 is 2.95 bits per heavy atom. The molecule has 1 aliphatic carbocycles. The molecule has 2 fully saturated rings. The molecule has 1 saturated carbocycles. The minimum absolute atomic E-state index is 0.217. The molecule has 0 aromatic heterocycles. The van der Waals surface area contributed by atoms with Gasteiger partial charge in [-0.15, -0.1) is 0 Å². The first kappa shape index (κ1) is 13.3. The molecule has 1 heterocycles. The second-order valence-electron chi connectivity index (χ2n) is 5.71. The smallest absolute Gasteiger partial charge is 0.311 e. The third-order valence-corrected chi connectivity index (χ3v) is 5.05. The van der Waals surface area contributed by atoms with Gasteiger partial charge in [-0.1, -0.05) is 18.0 Å². The van der Waals surface area contributed by atoms with Crippen LogP contribution >= 0.6 is 11.6 Å². The van der Waals surface area contributed by atoms with Gasteiger partial charge in [0.05, 0.1) is 16.0 Å². The second kappa shape index (κ2) is 4.68. The number of hydrogen-bond acceptors (Lipinski definition) is 3. The van der Waals surface area contributed by atoms with Gasteiger partial charge in [-0.3, -0.25) is 4.79 Å². The molecule has 0 unspecified atom stereocenters. The van der Waals surface area contributed by atoms with Crippen molar-refractivity contribution in [3.8, 4) is 6.07 Å². The lowest BCUT2D eigenvalue weighted by Crippen LogP contribution is -2.35. The predicted octanol–water partition coefficient (Wildman–Crippen LogP) is 2.90. The number of nitrogens with zero attached hydrogens (tertiary/aromatic N) is 2. The molecule has 4 nitrogen and oxygen atoms in total. The first-order valence-electron chi connectivity index (χ1n) is 6.75. The number of carboxylic acids is 1. The van der Waals surface area contributed by atoms with E-state index in [0.717, 1.165) is 31.5 Å². The number of carboxylic acid groups (broad SMARTS) is 1. The van der Waals surface area contributed by atoms with E-state index in [0.29, 0.717) is 17.1 Å². The molecule has 0 bridgehead atoms. The zero-order valence-electron chi connectivity index (χ0n) is 11.0. The lowest BCUT2D eigenvalue weighted by Gasteiger charge is -2.24. The van der Waals surface area contributed by atoms with Crippen LogP contribution in [0.4, 0.5) is 5.69 Å². The first-order chi connectivity index (χ1) is 9.56. The molecular formula is C15H15ClN2O2. The van der Waals surface area contributed by atoms with Gasteiger partial charge < -0.3 is 10.0 Å². The highest BCUT2D eigenvalue weighted by atomic mass is 35.5. The molecule has 2 aliphatic rings. The van der Waals surface area contributed by atoms with Crippen molar-refractivity contribution in [3.05, 3.63) is 28.8 Å². The van der Waals surface area contributed by atoms with E-state index in [1.807, 2.05) is 12.1 Å². The van der Waals surface area contributed by atoms with Crippen LogP contribution in [-0.2, 0) is 4.79 Å². The van der Waals surface area contributed by atoms with E-state index < -0.39 is 11.4 Å². The molecule has 1 N–H and O–H groups in total. The van der Waals surface area contributed by atoms with Gasteiger partial charge in [-0.25, -0.2) is 0 Å². The normalized spacial score (nSPS) is 28.2. The van der Waals surface area contributed by atoms with Crippen LogP contribution in [-0.4, -0.2) is 24.2 Å². The molecule has 2 atom stereocenters. The Balaban J connectivity index is 1.89. The van der Waals surface area contributed by atoms with Crippen molar-refractivity contribution in [2.45, 2.75) is 19.3 Å². The molecule has 0 spiro atoms. The third-order valence-electron chi connectivity index (χ3n) is 4.73. The monoisotopic (exact) mass is 290 g/mol. The number of carbonyl (C=O) groups is 1. The maximum absolute atomic E-state index is 11.7. The van der Waals surface area contributed by atoms with Crippen molar-refractivity contribution in [1.82, 2.24) is 0 Å². The van der Waals surface area contributed by atoms with Gasteiger partial charge in [0.25, 0.3) is 0 Å². The maximum Gasteiger partial charge on any atom is 0.311 e. The molecule has 1 aromatic carbocycles. The first-order valence-corrected chi connectivity index (χ1v) is 7.12. The van der Waals surface area contributed by atoms with E-state index in [4.69, 9.17) is 16.9 Å². The second-order valence-corrected chi connectivity index (χ2v) is 6.11. The Morgan fingerprint density at radius 1 is 1.55 bits per heavy atom. The van der Waals surface area contributed by atoms with Crippen LogP contribution < -0.4 is 4.90 Å². The standard InChI is InChI=1S/C15H15ClN2O2/c16-13-6-12(4-3-10(13)7-17)18-8-11-2-1-5-15(11,9-18)14(19)20/h3-4,6,11H,1-2,5,8-9H2,(H,19,20)/t11-,15+/m0/s1. The minimum atomic E-state index is -0.678. The third kappa shape index (κ3) is 1.85. The summed E-state index contributed by atoms with van der Waals surface area (Å²) in [7, 11) is 0. The number of hydrogen-bond donors (Lipinski definition) is 1. The Bertz CT molecular complexity index is 610. The molecule has 0 radical (unpaired) electrons. The number of anilines is 1. The van der Waals surface area contributed by atoms with Crippen molar-refractivity contribution in [1.29, 1.82) is 5.26 Å². The summed E-state index contributed by atoms with van der Waals surface area (Å²) in [5.74, 6) is -0.461. The van der Waals surface area contributed by atoms with Crippen LogP contribution in [0.25, 0.3) is 0 Å². The summed E-state index contributed by atoms with van der Waals surface area (Å²) in [4.78, 5) is 13.7. The van der Waals surface area contributed by atoms with Crippen molar-refractivity contribution < 1.29 is 9.90 Å². The van der Waals surface area contributed by atoms with Crippen LogP contribution in [0.1, 0.15) is 24.8 Å². The van der Waals surface area contributed by atoms with E-state index in [1.54, 1.807) is 12.1 Å². The highest BCUT2D eigenvalue weighted by molar-refractivity contribution is 6.32. The van der Waals surface area contributed by atoms with E-state index in [2.05, 4.69) is 4.90 Å². The number of rotatable bonds is 2. The molecular weight excluding hydrogens is 276 g/mol. The molecule has 3 rings (SSSR count). The van der Waals surface area contributed by atoms with Gasteiger partial charge in [0.1, 0.15) is 6.07 Å². The Hall–Kier alpha value is -1.73. The largest absolute Gasteiger partial charge is 0.481 e. The molecule has 1 saturated heterocycles. The number of aliphatic carboxylic acids is 1. The Kier molecular flexibility index (Phi) is 3.10. The summed E-state index contributed by atoms with van der Waals surface area (Å²) < 4.78 is 0. The van der Waals surface area contributed by atoms with E-state index in [1.165, 1.54) is 0 Å². The molecule has 5 heteroatoms. The number of fused-ring (bicyclic) bond motifs is 1. The summed E-state index contributed by atoms with van der Waals surface area (Å²) in [5, 5.41) is 18.9. The lowest BCUT2D eigenvalue weighted by molar-refractivity contribution is -0.149. The summed E-state index contributed by atoms with van der Waals surface area (Å²) in [6.45, 7) is 1.30. The summed E-state index contributed by atoms with van der Waals surface area (Å²) in [6.07, 6.45) is 2.74.